The number of hydrogen-bond acceptors (Lipinski definition) is 6. The number of ether oxygens (including phenoxy) is 2. The predicted molar refractivity (Wildman–Crippen MR) is 76.6 cm³/mol. The molecule has 0 aliphatic heterocycles. The monoisotopic (exact) mass is 296 g/mol. The molecule has 0 aliphatic carbocycles. The number of nitrogens with zero attached hydrogens (tertiary/aromatic N) is 4. The molecular weight excluding hydrogens is 276 g/mol. The van der Waals surface area contributed by atoms with Gasteiger partial charge in [0, 0.05) is 18.6 Å². The van der Waals surface area contributed by atoms with Crippen molar-refractivity contribution in [2.24, 2.45) is 0 Å². The summed E-state index contributed by atoms with van der Waals surface area (Å²) in [6.07, 6.45) is 2.37. The van der Waals surface area contributed by atoms with Gasteiger partial charge in [-0.3, -0.25) is 0 Å². The van der Waals surface area contributed by atoms with Crippen molar-refractivity contribution in [2.45, 2.75) is 40.0 Å². The van der Waals surface area contributed by atoms with Crippen molar-refractivity contribution in [1.29, 1.82) is 0 Å². The lowest BCUT2D eigenvalue weighted by Crippen LogP contribution is -2.09. The average Bonchev–Trinajstić information content (AvgIpc) is 3.08. The van der Waals surface area contributed by atoms with Gasteiger partial charge >= 0.3 is 0 Å². The quantitative estimate of drug-likeness (QED) is 0.700. The minimum Gasteiger partial charge on any atom is -0.347 e. The van der Waals surface area contributed by atoms with Crippen LogP contribution in [0.25, 0.3) is 0 Å². The first kappa shape index (κ1) is 15.1. The standard InChI is InChI=1S/C13H20N4O2S/c1-4-12-14-10(9-20-12)7-17-8-11(15-16-17)13(18-5-2)19-6-3/h8-9,13H,4-7H2,1-3H3. The molecule has 0 saturated heterocycles. The number of aryl methyl sites for hydroxylation is 1. The van der Waals surface area contributed by atoms with Crippen molar-refractivity contribution in [3.05, 3.63) is 28.0 Å². The molecule has 2 heterocycles. The first-order valence-corrected chi connectivity index (χ1v) is 7.71. The van der Waals surface area contributed by atoms with Crippen molar-refractivity contribution in [2.75, 3.05) is 13.2 Å². The number of hydrogen-bond donors (Lipinski definition) is 0. The minimum absolute atomic E-state index is 0.444. The van der Waals surface area contributed by atoms with E-state index in [1.165, 1.54) is 0 Å². The summed E-state index contributed by atoms with van der Waals surface area (Å²) in [5.74, 6) is 0. The Morgan fingerprint density at radius 1 is 1.25 bits per heavy atom. The molecule has 2 aromatic heterocycles. The van der Waals surface area contributed by atoms with E-state index in [2.05, 4.69) is 27.6 Å². The van der Waals surface area contributed by atoms with E-state index in [1.807, 2.05) is 20.0 Å². The van der Waals surface area contributed by atoms with Gasteiger partial charge in [-0.05, 0) is 20.3 Å². The highest BCUT2D eigenvalue weighted by Crippen LogP contribution is 2.17. The molecule has 7 heteroatoms. The molecule has 0 atom stereocenters. The third kappa shape index (κ3) is 3.84. The van der Waals surface area contributed by atoms with Crippen molar-refractivity contribution in [1.82, 2.24) is 20.0 Å². The molecule has 0 fully saturated rings. The van der Waals surface area contributed by atoms with E-state index in [4.69, 9.17) is 9.47 Å². The largest absolute Gasteiger partial charge is 0.347 e. The Hall–Kier alpha value is -1.31. The van der Waals surface area contributed by atoms with Gasteiger partial charge in [-0.2, -0.15) is 0 Å². The Morgan fingerprint density at radius 2 is 2.00 bits per heavy atom. The van der Waals surface area contributed by atoms with Crippen LogP contribution in [0.3, 0.4) is 0 Å². The molecule has 0 bridgehead atoms. The summed E-state index contributed by atoms with van der Waals surface area (Å²) in [5, 5.41) is 11.4. The van der Waals surface area contributed by atoms with E-state index in [0.29, 0.717) is 25.5 Å². The van der Waals surface area contributed by atoms with Gasteiger partial charge in [0.1, 0.15) is 5.69 Å². The van der Waals surface area contributed by atoms with Gasteiger partial charge in [0.05, 0.1) is 23.4 Å². The topological polar surface area (TPSA) is 62.1 Å². The number of rotatable bonds is 8. The van der Waals surface area contributed by atoms with E-state index in [1.54, 1.807) is 16.0 Å². The summed E-state index contributed by atoms with van der Waals surface area (Å²) in [6.45, 7) is 7.72. The van der Waals surface area contributed by atoms with Crippen molar-refractivity contribution in [3.63, 3.8) is 0 Å². The van der Waals surface area contributed by atoms with E-state index in [9.17, 15) is 0 Å². The zero-order valence-corrected chi connectivity index (χ0v) is 12.9. The Labute approximate surface area is 122 Å². The van der Waals surface area contributed by atoms with Gasteiger partial charge in [-0.1, -0.05) is 12.1 Å². The van der Waals surface area contributed by atoms with Gasteiger partial charge in [0.2, 0.25) is 6.29 Å². The van der Waals surface area contributed by atoms with Crippen LogP contribution in [0.4, 0.5) is 0 Å². The average molecular weight is 296 g/mol. The van der Waals surface area contributed by atoms with Gasteiger partial charge in [-0.15, -0.1) is 16.4 Å². The molecule has 6 nitrogen and oxygen atoms in total. The Balaban J connectivity index is 2.03. The maximum Gasteiger partial charge on any atom is 0.204 e. The van der Waals surface area contributed by atoms with Gasteiger partial charge in [0.15, 0.2) is 0 Å². The first-order valence-electron chi connectivity index (χ1n) is 6.83. The SMILES string of the molecule is CCOC(OCC)c1cn(Cc2csc(CC)n2)nn1. The molecular formula is C13H20N4O2S. The van der Waals surface area contributed by atoms with E-state index in [0.717, 1.165) is 17.1 Å². The second kappa shape index (κ2) is 7.47. The van der Waals surface area contributed by atoms with Crippen molar-refractivity contribution < 1.29 is 9.47 Å². The Bertz CT molecular complexity index is 520. The van der Waals surface area contributed by atoms with Crippen molar-refractivity contribution >= 4 is 11.3 Å². The number of aromatic nitrogens is 4. The summed E-state index contributed by atoms with van der Waals surface area (Å²) < 4.78 is 12.8. The zero-order chi connectivity index (χ0) is 14.4. The van der Waals surface area contributed by atoms with Gasteiger partial charge in [-0.25, -0.2) is 9.67 Å². The van der Waals surface area contributed by atoms with Crippen LogP contribution >= 0.6 is 11.3 Å². The molecule has 2 aromatic rings. The molecule has 0 saturated carbocycles. The highest BCUT2D eigenvalue weighted by Gasteiger charge is 2.16. The molecule has 0 aliphatic rings. The van der Waals surface area contributed by atoms with Crippen LogP contribution in [0.15, 0.2) is 11.6 Å². The lowest BCUT2D eigenvalue weighted by Gasteiger charge is -2.13. The van der Waals surface area contributed by atoms with Gasteiger partial charge in [0.25, 0.3) is 0 Å². The highest BCUT2D eigenvalue weighted by molar-refractivity contribution is 7.09. The van der Waals surface area contributed by atoms with Crippen molar-refractivity contribution in [3.8, 4) is 0 Å². The van der Waals surface area contributed by atoms with Crippen LogP contribution in [-0.2, 0) is 22.4 Å². The summed E-state index contributed by atoms with van der Waals surface area (Å²) in [6, 6.07) is 0. The van der Waals surface area contributed by atoms with Crippen LogP contribution < -0.4 is 0 Å². The van der Waals surface area contributed by atoms with Crippen LogP contribution in [0.5, 0.6) is 0 Å². The van der Waals surface area contributed by atoms with E-state index < -0.39 is 6.29 Å². The van der Waals surface area contributed by atoms with Crippen LogP contribution in [0.1, 0.15) is 43.5 Å². The van der Waals surface area contributed by atoms with E-state index in [-0.39, 0.29) is 0 Å². The third-order valence-electron chi connectivity index (χ3n) is 2.66. The Kier molecular flexibility index (Phi) is 5.63. The first-order chi connectivity index (χ1) is 9.76. The molecule has 0 aromatic carbocycles. The smallest absolute Gasteiger partial charge is 0.204 e. The fourth-order valence-corrected chi connectivity index (χ4v) is 2.51. The fraction of sp³-hybridized carbons (Fsp3) is 0.615. The zero-order valence-electron chi connectivity index (χ0n) is 12.1. The second-order valence-electron chi connectivity index (χ2n) is 4.17. The highest BCUT2D eigenvalue weighted by atomic mass is 32.1. The van der Waals surface area contributed by atoms with Crippen LogP contribution in [0.2, 0.25) is 0 Å². The van der Waals surface area contributed by atoms with Crippen LogP contribution in [0, 0.1) is 0 Å². The minimum atomic E-state index is -0.444. The fourth-order valence-electron chi connectivity index (χ4n) is 1.77. The van der Waals surface area contributed by atoms with Crippen LogP contribution in [-0.4, -0.2) is 33.2 Å². The summed E-state index contributed by atoms with van der Waals surface area (Å²) >= 11 is 1.68. The molecule has 0 radical (unpaired) electrons. The number of thiazole rings is 1. The second-order valence-corrected chi connectivity index (χ2v) is 5.11. The van der Waals surface area contributed by atoms with Gasteiger partial charge < -0.3 is 9.47 Å². The third-order valence-corrected chi connectivity index (χ3v) is 3.70. The molecule has 0 amide bonds. The molecule has 0 spiro atoms. The molecule has 0 unspecified atom stereocenters. The predicted octanol–water partition coefficient (Wildman–Crippen LogP) is 2.42. The lowest BCUT2D eigenvalue weighted by atomic mass is 10.4. The molecule has 2 rings (SSSR count). The maximum absolute atomic E-state index is 5.50. The molecule has 20 heavy (non-hydrogen) atoms. The summed E-state index contributed by atoms with van der Waals surface area (Å²) in [7, 11) is 0. The summed E-state index contributed by atoms with van der Waals surface area (Å²) in [4.78, 5) is 4.52. The maximum atomic E-state index is 5.50. The summed E-state index contributed by atoms with van der Waals surface area (Å²) in [5.41, 5.74) is 1.70. The Morgan fingerprint density at radius 3 is 2.60 bits per heavy atom. The van der Waals surface area contributed by atoms with E-state index >= 15 is 0 Å². The molecule has 110 valence electrons. The molecule has 0 N–H and O–H groups in total. The normalized spacial score (nSPS) is 11.4. The lowest BCUT2D eigenvalue weighted by molar-refractivity contribution is -0.142.